The summed E-state index contributed by atoms with van der Waals surface area (Å²) in [6.45, 7) is 0. The highest BCUT2D eigenvalue weighted by atomic mass is 35.5. The lowest BCUT2D eigenvalue weighted by atomic mass is 10.1. The van der Waals surface area contributed by atoms with E-state index in [1.165, 1.54) is 12.1 Å². The Hall–Kier alpha value is -3.08. The molecule has 138 valence electrons. The first-order valence-corrected chi connectivity index (χ1v) is 9.18. The van der Waals surface area contributed by atoms with Crippen molar-refractivity contribution in [3.8, 4) is 0 Å². The monoisotopic (exact) mass is 409 g/mol. The molecule has 3 aromatic carbocycles. The molecule has 0 saturated carbocycles. The lowest BCUT2D eigenvalue weighted by Gasteiger charge is -2.08. The summed E-state index contributed by atoms with van der Waals surface area (Å²) < 4.78 is 5.78. The number of nitrogens with one attached hydrogen (secondary N) is 1. The van der Waals surface area contributed by atoms with Gasteiger partial charge in [-0.2, -0.15) is 0 Å². The maximum atomic E-state index is 13.0. The highest BCUT2D eigenvalue weighted by Crippen LogP contribution is 2.33. The van der Waals surface area contributed by atoms with Gasteiger partial charge in [-0.25, -0.2) is 0 Å². The Morgan fingerprint density at radius 2 is 1.57 bits per heavy atom. The number of anilines is 1. The Labute approximate surface area is 170 Å². The van der Waals surface area contributed by atoms with Crippen molar-refractivity contribution in [2.75, 3.05) is 5.32 Å². The molecule has 0 aliphatic carbocycles. The van der Waals surface area contributed by atoms with Crippen molar-refractivity contribution in [3.05, 3.63) is 99.7 Å². The minimum absolute atomic E-state index is 0.0610. The number of rotatable bonds is 4. The summed E-state index contributed by atoms with van der Waals surface area (Å²) in [6, 6.07) is 20.4. The molecule has 0 spiro atoms. The van der Waals surface area contributed by atoms with Crippen LogP contribution in [-0.2, 0) is 0 Å². The van der Waals surface area contributed by atoms with Gasteiger partial charge in [-0.05, 0) is 30.3 Å². The lowest BCUT2D eigenvalue weighted by molar-refractivity contribution is 0.101. The molecule has 0 atom stereocenters. The van der Waals surface area contributed by atoms with E-state index in [2.05, 4.69) is 5.32 Å². The van der Waals surface area contributed by atoms with E-state index in [9.17, 15) is 9.59 Å². The second kappa shape index (κ2) is 7.50. The summed E-state index contributed by atoms with van der Waals surface area (Å²) in [5, 5.41) is 4.05. The summed E-state index contributed by atoms with van der Waals surface area (Å²) in [5.41, 5.74) is 1.51. The van der Waals surface area contributed by atoms with Gasteiger partial charge in [0.2, 0.25) is 5.78 Å². The smallest absolute Gasteiger partial charge is 0.257 e. The van der Waals surface area contributed by atoms with Crippen molar-refractivity contribution in [2.24, 2.45) is 0 Å². The highest BCUT2D eigenvalue weighted by Gasteiger charge is 2.24. The van der Waals surface area contributed by atoms with Crippen LogP contribution in [0.2, 0.25) is 10.0 Å². The fourth-order valence-electron chi connectivity index (χ4n) is 2.90. The molecule has 4 nitrogen and oxygen atoms in total. The van der Waals surface area contributed by atoms with Crippen molar-refractivity contribution < 1.29 is 14.0 Å². The molecule has 1 N–H and O–H groups in total. The van der Waals surface area contributed by atoms with E-state index in [0.29, 0.717) is 27.2 Å². The standard InChI is InChI=1S/C22H13Cl2NO3/c23-14-10-11-15(17(24)12-14)22(27)25-19-16-8-4-5-9-18(16)28-21(19)20(26)13-6-2-1-3-7-13/h1-12H,(H,25,27). The van der Waals surface area contributed by atoms with Gasteiger partial charge in [-0.1, -0.05) is 65.7 Å². The topological polar surface area (TPSA) is 59.3 Å². The predicted molar refractivity (Wildman–Crippen MR) is 111 cm³/mol. The molecule has 1 heterocycles. The normalized spacial score (nSPS) is 10.8. The van der Waals surface area contributed by atoms with Gasteiger partial charge in [0.05, 0.1) is 16.3 Å². The van der Waals surface area contributed by atoms with E-state index >= 15 is 0 Å². The number of para-hydroxylation sites is 1. The van der Waals surface area contributed by atoms with E-state index in [-0.39, 0.29) is 22.1 Å². The van der Waals surface area contributed by atoms with Gasteiger partial charge >= 0.3 is 0 Å². The van der Waals surface area contributed by atoms with E-state index in [4.69, 9.17) is 27.6 Å². The first-order chi connectivity index (χ1) is 13.5. The Morgan fingerprint density at radius 1 is 0.857 bits per heavy atom. The number of benzene rings is 3. The van der Waals surface area contributed by atoms with Crippen LogP contribution in [0.4, 0.5) is 5.69 Å². The number of amides is 1. The van der Waals surface area contributed by atoms with Crippen molar-refractivity contribution in [1.82, 2.24) is 0 Å². The van der Waals surface area contributed by atoms with Crippen molar-refractivity contribution in [3.63, 3.8) is 0 Å². The lowest BCUT2D eigenvalue weighted by Crippen LogP contribution is -2.14. The summed E-state index contributed by atoms with van der Waals surface area (Å²) in [4.78, 5) is 25.8. The Morgan fingerprint density at radius 3 is 2.32 bits per heavy atom. The van der Waals surface area contributed by atoms with Crippen LogP contribution in [0.1, 0.15) is 26.5 Å². The first kappa shape index (κ1) is 18.3. The van der Waals surface area contributed by atoms with Crippen molar-refractivity contribution in [2.45, 2.75) is 0 Å². The van der Waals surface area contributed by atoms with Crippen molar-refractivity contribution >= 4 is 51.5 Å². The van der Waals surface area contributed by atoms with Crippen LogP contribution >= 0.6 is 23.2 Å². The number of carbonyl (C=O) groups is 2. The summed E-state index contributed by atoms with van der Waals surface area (Å²) in [7, 11) is 0. The van der Waals surface area contributed by atoms with Crippen LogP contribution in [0.3, 0.4) is 0 Å². The molecule has 0 aliphatic heterocycles. The molecule has 0 bridgehead atoms. The molecule has 6 heteroatoms. The fourth-order valence-corrected chi connectivity index (χ4v) is 3.40. The van der Waals surface area contributed by atoms with Crippen LogP contribution in [-0.4, -0.2) is 11.7 Å². The molecule has 0 aliphatic rings. The molecule has 0 saturated heterocycles. The maximum Gasteiger partial charge on any atom is 0.257 e. The Bertz CT molecular complexity index is 1200. The van der Waals surface area contributed by atoms with Crippen LogP contribution < -0.4 is 5.32 Å². The fraction of sp³-hybridized carbons (Fsp3) is 0. The number of hydrogen-bond acceptors (Lipinski definition) is 3. The average Bonchev–Trinajstić information content (AvgIpc) is 3.06. The van der Waals surface area contributed by atoms with E-state index in [0.717, 1.165) is 0 Å². The van der Waals surface area contributed by atoms with Crippen LogP contribution in [0.5, 0.6) is 0 Å². The molecule has 1 aromatic heterocycles. The zero-order valence-electron chi connectivity index (χ0n) is 14.4. The SMILES string of the molecule is O=C(Nc1c(C(=O)c2ccccc2)oc2ccccc12)c1ccc(Cl)cc1Cl. The third-order valence-electron chi connectivity index (χ3n) is 4.25. The third kappa shape index (κ3) is 3.40. The Balaban J connectivity index is 1.79. The molecular weight excluding hydrogens is 397 g/mol. The number of halogens is 2. The maximum absolute atomic E-state index is 13.0. The quantitative estimate of drug-likeness (QED) is 0.406. The summed E-state index contributed by atoms with van der Waals surface area (Å²) in [5.74, 6) is -0.726. The van der Waals surface area contributed by atoms with E-state index < -0.39 is 5.91 Å². The van der Waals surface area contributed by atoms with E-state index in [1.54, 1.807) is 54.6 Å². The minimum Gasteiger partial charge on any atom is -0.450 e. The average molecular weight is 410 g/mol. The first-order valence-electron chi connectivity index (χ1n) is 8.42. The molecule has 0 fully saturated rings. The van der Waals surface area contributed by atoms with Gasteiger partial charge in [-0.3, -0.25) is 9.59 Å². The van der Waals surface area contributed by atoms with Gasteiger partial charge in [0, 0.05) is 16.0 Å². The number of hydrogen-bond donors (Lipinski definition) is 1. The molecule has 4 aromatic rings. The molecule has 28 heavy (non-hydrogen) atoms. The molecular formula is C22H13Cl2NO3. The molecule has 0 radical (unpaired) electrons. The minimum atomic E-state index is -0.463. The highest BCUT2D eigenvalue weighted by molar-refractivity contribution is 6.37. The Kier molecular flexibility index (Phi) is 4.90. The van der Waals surface area contributed by atoms with Gasteiger partial charge in [-0.15, -0.1) is 0 Å². The van der Waals surface area contributed by atoms with Gasteiger partial charge in [0.15, 0.2) is 5.76 Å². The second-order valence-corrected chi connectivity index (χ2v) is 6.92. The third-order valence-corrected chi connectivity index (χ3v) is 4.80. The zero-order valence-corrected chi connectivity index (χ0v) is 15.9. The number of ketones is 1. The molecule has 0 unspecified atom stereocenters. The van der Waals surface area contributed by atoms with Crippen LogP contribution in [0.25, 0.3) is 11.0 Å². The van der Waals surface area contributed by atoms with Crippen molar-refractivity contribution in [1.29, 1.82) is 0 Å². The summed E-state index contributed by atoms with van der Waals surface area (Å²) >= 11 is 12.0. The molecule has 1 amide bonds. The number of fused-ring (bicyclic) bond motifs is 1. The largest absolute Gasteiger partial charge is 0.450 e. The van der Waals surface area contributed by atoms with Gasteiger partial charge < -0.3 is 9.73 Å². The second-order valence-electron chi connectivity index (χ2n) is 6.08. The van der Waals surface area contributed by atoms with Crippen LogP contribution in [0.15, 0.2) is 77.2 Å². The number of carbonyl (C=O) groups excluding carboxylic acids is 2. The zero-order chi connectivity index (χ0) is 19.7. The summed E-state index contributed by atoms with van der Waals surface area (Å²) in [6.07, 6.45) is 0. The van der Waals surface area contributed by atoms with E-state index in [1.807, 2.05) is 6.07 Å². The molecule has 4 rings (SSSR count). The van der Waals surface area contributed by atoms with Gasteiger partial charge in [0.25, 0.3) is 5.91 Å². The van der Waals surface area contributed by atoms with Crippen LogP contribution in [0, 0.1) is 0 Å². The predicted octanol–water partition coefficient (Wildman–Crippen LogP) is 6.22. The van der Waals surface area contributed by atoms with Gasteiger partial charge in [0.1, 0.15) is 5.58 Å². The number of furan rings is 1.